The van der Waals surface area contributed by atoms with Crippen molar-refractivity contribution in [2.45, 2.75) is 50.1 Å². The molecule has 47 heavy (non-hydrogen) atoms. The van der Waals surface area contributed by atoms with Crippen molar-refractivity contribution in [2.75, 3.05) is 5.32 Å². The minimum atomic E-state index is -0.446. The van der Waals surface area contributed by atoms with Gasteiger partial charge in [0.2, 0.25) is 5.16 Å². The lowest BCUT2D eigenvalue weighted by atomic mass is 9.72. The van der Waals surface area contributed by atoms with Crippen LogP contribution in [-0.4, -0.2) is 32.2 Å². The van der Waals surface area contributed by atoms with Gasteiger partial charge in [0.1, 0.15) is 5.00 Å². The van der Waals surface area contributed by atoms with Crippen molar-refractivity contribution >= 4 is 74.8 Å². The summed E-state index contributed by atoms with van der Waals surface area (Å²) < 4.78 is 0. The van der Waals surface area contributed by atoms with Crippen LogP contribution in [0.2, 0.25) is 10.0 Å². The third-order valence-corrected chi connectivity index (χ3v) is 10.7. The van der Waals surface area contributed by atoms with Gasteiger partial charge in [-0.15, -0.1) is 16.4 Å². The number of halogens is 2. The molecule has 1 amide bonds. The fourth-order valence-electron chi connectivity index (χ4n) is 5.52. The first-order valence-corrected chi connectivity index (χ1v) is 17.2. The van der Waals surface area contributed by atoms with Crippen LogP contribution in [0.1, 0.15) is 53.6 Å². The van der Waals surface area contributed by atoms with E-state index < -0.39 is 4.92 Å². The lowest BCUT2D eigenvalue weighted by Crippen LogP contribution is -2.27. The number of hydrogen-bond acceptors (Lipinski definition) is 8. The number of nitro groups is 1. The second-order valence-corrected chi connectivity index (χ2v) is 15.2. The Kier molecular flexibility index (Phi) is 9.52. The van der Waals surface area contributed by atoms with E-state index in [0.29, 0.717) is 59.2 Å². The molecule has 1 atom stereocenters. The number of aromatic amines is 1. The zero-order chi connectivity index (χ0) is 33.3. The molecule has 240 valence electrons. The summed E-state index contributed by atoms with van der Waals surface area (Å²) in [6, 6.07) is 19.2. The van der Waals surface area contributed by atoms with Crippen molar-refractivity contribution in [3.05, 3.63) is 108 Å². The number of nitrogens with zero attached hydrogens (tertiary/aromatic N) is 4. The van der Waals surface area contributed by atoms with Crippen molar-refractivity contribution in [3.63, 3.8) is 0 Å². The highest BCUT2D eigenvalue weighted by atomic mass is 35.5. The highest BCUT2D eigenvalue weighted by Gasteiger charge is 2.33. The van der Waals surface area contributed by atoms with Crippen molar-refractivity contribution < 1.29 is 9.72 Å². The summed E-state index contributed by atoms with van der Waals surface area (Å²) in [7, 11) is 0. The molecule has 0 bridgehead atoms. The van der Waals surface area contributed by atoms with Gasteiger partial charge >= 0.3 is 0 Å². The molecule has 0 unspecified atom stereocenters. The van der Waals surface area contributed by atoms with Gasteiger partial charge in [0, 0.05) is 33.4 Å². The molecule has 9 nitrogen and oxygen atoms in total. The van der Waals surface area contributed by atoms with Gasteiger partial charge in [-0.3, -0.25) is 20.0 Å². The number of amides is 1. The summed E-state index contributed by atoms with van der Waals surface area (Å²) >= 11 is 14.9. The van der Waals surface area contributed by atoms with Gasteiger partial charge in [-0.2, -0.15) is 0 Å². The van der Waals surface area contributed by atoms with E-state index in [1.165, 1.54) is 22.3 Å². The maximum Gasteiger partial charge on any atom is 0.283 e. The number of anilines is 1. The number of nitrogens with one attached hydrogen (secondary N) is 2. The number of aliphatic imine (C=N–C) groups is 1. The summed E-state index contributed by atoms with van der Waals surface area (Å²) in [5, 5.41) is 24.0. The molecule has 3 aromatic carbocycles. The molecule has 0 saturated heterocycles. The molecule has 13 heteroatoms. The number of nitro benzene ring substituents is 1. The Morgan fingerprint density at radius 2 is 1.94 bits per heavy atom. The standard InChI is InChI=1S/C34H30Cl2N6O3S2/c1-34(2,3)20-10-12-24-28(16-20)46-32(29(24)31(43)38-22-7-5-4-6-8-22)37-18-19-9-14-27(26(15-19)42(44)45)47-33-39-30(40-41-33)23-13-11-21(35)17-25(23)36/h4-9,11,13-15,17-18,20H,10,12,16H2,1-3H3,(H,38,43)(H,39,40,41)/t20-/m1/s1. The first-order chi connectivity index (χ1) is 22.5. The lowest BCUT2D eigenvalue weighted by Gasteiger charge is -2.33. The summed E-state index contributed by atoms with van der Waals surface area (Å²) in [4.78, 5) is 36.1. The summed E-state index contributed by atoms with van der Waals surface area (Å²) in [6.45, 7) is 6.76. The van der Waals surface area contributed by atoms with E-state index in [1.54, 1.807) is 36.5 Å². The molecule has 0 aliphatic heterocycles. The first-order valence-electron chi connectivity index (χ1n) is 14.9. The summed E-state index contributed by atoms with van der Waals surface area (Å²) in [6.07, 6.45) is 4.25. The first kappa shape index (κ1) is 32.9. The Morgan fingerprint density at radius 3 is 2.66 bits per heavy atom. The summed E-state index contributed by atoms with van der Waals surface area (Å²) in [5.74, 6) is 0.699. The third kappa shape index (κ3) is 7.43. The van der Waals surface area contributed by atoms with Crippen molar-refractivity contribution in [1.82, 2.24) is 15.2 Å². The molecule has 1 aliphatic rings. The van der Waals surface area contributed by atoms with Crippen LogP contribution in [0.25, 0.3) is 11.4 Å². The Labute approximate surface area is 290 Å². The van der Waals surface area contributed by atoms with E-state index in [4.69, 9.17) is 28.2 Å². The molecular weight excluding hydrogens is 675 g/mol. The molecule has 2 heterocycles. The minimum Gasteiger partial charge on any atom is -0.322 e. The van der Waals surface area contributed by atoms with Crippen LogP contribution >= 0.6 is 46.3 Å². The SMILES string of the molecule is CC(C)(C)[C@@H]1CCc2c(sc(N=Cc3ccc(Sc4n[nH]c(-c5ccc(Cl)cc5Cl)n4)c([N+](=O)[O-])c3)c2C(=O)Nc2ccccc2)C1. The molecule has 2 N–H and O–H groups in total. The van der Waals surface area contributed by atoms with Gasteiger partial charge < -0.3 is 5.32 Å². The van der Waals surface area contributed by atoms with Gasteiger partial charge in [-0.1, -0.05) is 68.2 Å². The van der Waals surface area contributed by atoms with Gasteiger partial charge in [0.15, 0.2) is 5.82 Å². The molecule has 0 saturated carbocycles. The summed E-state index contributed by atoms with van der Waals surface area (Å²) in [5.41, 5.74) is 3.48. The van der Waals surface area contributed by atoms with Crippen LogP contribution in [0.4, 0.5) is 16.4 Å². The van der Waals surface area contributed by atoms with Crippen molar-refractivity contribution in [3.8, 4) is 11.4 Å². The second kappa shape index (κ2) is 13.6. The van der Waals surface area contributed by atoms with Crippen LogP contribution in [0.5, 0.6) is 0 Å². The Hall–Kier alpha value is -4.03. The maximum absolute atomic E-state index is 13.6. The van der Waals surface area contributed by atoms with Crippen LogP contribution in [0.15, 0.2) is 81.8 Å². The lowest BCUT2D eigenvalue weighted by molar-refractivity contribution is -0.387. The number of carbonyl (C=O) groups is 1. The zero-order valence-corrected chi connectivity index (χ0v) is 28.9. The van der Waals surface area contributed by atoms with Crippen LogP contribution < -0.4 is 5.32 Å². The Balaban J connectivity index is 1.28. The van der Waals surface area contributed by atoms with E-state index in [-0.39, 0.29) is 17.0 Å². The number of fused-ring (bicyclic) bond motifs is 1. The fraction of sp³-hybridized carbons (Fsp3) is 0.235. The highest BCUT2D eigenvalue weighted by Crippen LogP contribution is 2.45. The van der Waals surface area contributed by atoms with Crippen LogP contribution in [0.3, 0.4) is 0 Å². The Morgan fingerprint density at radius 1 is 1.15 bits per heavy atom. The predicted molar refractivity (Wildman–Crippen MR) is 190 cm³/mol. The highest BCUT2D eigenvalue weighted by molar-refractivity contribution is 7.99. The quantitative estimate of drug-likeness (QED) is 0.0940. The van der Waals surface area contributed by atoms with Gasteiger partial charge in [0.05, 0.1) is 20.4 Å². The third-order valence-electron chi connectivity index (χ3n) is 8.09. The van der Waals surface area contributed by atoms with E-state index in [2.05, 4.69) is 41.3 Å². The number of rotatable bonds is 8. The average Bonchev–Trinajstić information content (AvgIpc) is 3.64. The number of carbonyl (C=O) groups excluding carboxylic acids is 1. The monoisotopic (exact) mass is 704 g/mol. The average molecular weight is 706 g/mol. The molecule has 5 aromatic rings. The van der Waals surface area contributed by atoms with Crippen LogP contribution in [-0.2, 0) is 12.8 Å². The molecular formula is C34H30Cl2N6O3S2. The topological polar surface area (TPSA) is 126 Å². The molecule has 0 spiro atoms. The minimum absolute atomic E-state index is 0.115. The largest absolute Gasteiger partial charge is 0.322 e. The van der Waals surface area contributed by atoms with Crippen LogP contribution in [0, 0.1) is 21.4 Å². The van der Waals surface area contributed by atoms with Gasteiger partial charge in [-0.25, -0.2) is 9.98 Å². The normalized spacial score (nSPS) is 14.7. The second-order valence-electron chi connectivity index (χ2n) is 12.2. The number of benzene rings is 3. The van der Waals surface area contributed by atoms with Crippen molar-refractivity contribution in [2.24, 2.45) is 16.3 Å². The number of aromatic nitrogens is 3. The number of H-pyrrole nitrogens is 1. The van der Waals surface area contributed by atoms with E-state index in [9.17, 15) is 14.9 Å². The fourth-order valence-corrected chi connectivity index (χ4v) is 8.09. The Bertz CT molecular complexity index is 2000. The maximum atomic E-state index is 13.6. The molecule has 0 fully saturated rings. The predicted octanol–water partition coefficient (Wildman–Crippen LogP) is 10.1. The molecule has 1 aliphatic carbocycles. The smallest absolute Gasteiger partial charge is 0.283 e. The van der Waals surface area contributed by atoms with E-state index >= 15 is 0 Å². The van der Waals surface area contributed by atoms with E-state index in [0.717, 1.165) is 36.6 Å². The van der Waals surface area contributed by atoms with E-state index in [1.807, 2.05) is 30.3 Å². The number of hydrogen-bond donors (Lipinski definition) is 2. The number of para-hydroxylation sites is 1. The molecule has 2 aromatic heterocycles. The van der Waals surface area contributed by atoms with Crippen molar-refractivity contribution in [1.29, 1.82) is 0 Å². The molecule has 0 radical (unpaired) electrons. The molecule has 6 rings (SSSR count). The zero-order valence-electron chi connectivity index (χ0n) is 25.7. The van der Waals surface area contributed by atoms with Gasteiger partial charge in [0.25, 0.3) is 11.6 Å². The van der Waals surface area contributed by atoms with Gasteiger partial charge in [-0.05, 0) is 89.9 Å². The number of thiophene rings is 1.